The van der Waals surface area contributed by atoms with E-state index < -0.39 is 5.66 Å². The number of anilines is 1. The summed E-state index contributed by atoms with van der Waals surface area (Å²) in [5.74, 6) is 0.539. The van der Waals surface area contributed by atoms with Crippen molar-refractivity contribution in [3.63, 3.8) is 0 Å². The summed E-state index contributed by atoms with van der Waals surface area (Å²) in [6.45, 7) is 7.67. The number of fused-ring (bicyclic) bond motifs is 3. The van der Waals surface area contributed by atoms with Gasteiger partial charge in [0.2, 0.25) is 5.91 Å². The average Bonchev–Trinajstić information content (AvgIpc) is 2.66. The van der Waals surface area contributed by atoms with Crippen LogP contribution < -0.4 is 10.6 Å². The van der Waals surface area contributed by atoms with Gasteiger partial charge in [0.1, 0.15) is 5.66 Å². The molecule has 0 unspecified atom stereocenters. The molecule has 2 N–H and O–H groups in total. The van der Waals surface area contributed by atoms with Gasteiger partial charge in [-0.2, -0.15) is 0 Å². The predicted octanol–water partition coefficient (Wildman–Crippen LogP) is 3.00. The van der Waals surface area contributed by atoms with E-state index in [0.29, 0.717) is 18.7 Å². The first-order valence-electron chi connectivity index (χ1n) is 10.9. The molecule has 1 aromatic carbocycles. The van der Waals surface area contributed by atoms with E-state index in [1.54, 1.807) is 0 Å². The number of ether oxygens (including phenoxy) is 1. The van der Waals surface area contributed by atoms with Crippen molar-refractivity contribution >= 4 is 17.5 Å². The van der Waals surface area contributed by atoms with E-state index in [9.17, 15) is 9.59 Å². The number of carbonyl (C=O) groups excluding carboxylic acids is 2. The summed E-state index contributed by atoms with van der Waals surface area (Å²) in [6, 6.07) is 7.71. The van der Waals surface area contributed by atoms with Gasteiger partial charge in [-0.15, -0.1) is 0 Å². The van der Waals surface area contributed by atoms with Crippen LogP contribution in [0.2, 0.25) is 0 Å². The van der Waals surface area contributed by atoms with E-state index >= 15 is 0 Å². The Balaban J connectivity index is 1.41. The third kappa shape index (κ3) is 2.95. The fourth-order valence-electron chi connectivity index (χ4n) is 6.41. The van der Waals surface area contributed by atoms with Gasteiger partial charge < -0.3 is 20.3 Å². The number of hydrogen-bond donors (Lipinski definition) is 2. The van der Waals surface area contributed by atoms with E-state index in [0.717, 1.165) is 31.4 Å². The molecule has 0 aromatic heterocycles. The van der Waals surface area contributed by atoms with Crippen molar-refractivity contribution < 1.29 is 14.3 Å². The molecule has 1 aromatic rings. The number of nitrogens with one attached hydrogen (secondary N) is 2. The Hall–Kier alpha value is -2.08. The molecule has 4 fully saturated rings. The lowest BCUT2D eigenvalue weighted by Crippen LogP contribution is -2.70. The molecule has 156 valence electrons. The second kappa shape index (κ2) is 6.46. The zero-order valence-corrected chi connectivity index (χ0v) is 17.5. The highest BCUT2D eigenvalue weighted by Gasteiger charge is 2.60. The van der Waals surface area contributed by atoms with Gasteiger partial charge in [-0.1, -0.05) is 19.1 Å². The maximum atomic E-state index is 13.5. The quantitative estimate of drug-likeness (QED) is 0.764. The maximum absolute atomic E-state index is 13.5. The minimum atomic E-state index is -0.444. The Morgan fingerprint density at radius 1 is 1.17 bits per heavy atom. The average molecular weight is 398 g/mol. The van der Waals surface area contributed by atoms with Crippen molar-refractivity contribution in [1.29, 1.82) is 0 Å². The van der Waals surface area contributed by atoms with Crippen LogP contribution in [-0.2, 0) is 9.53 Å². The molecule has 3 aliphatic carbocycles. The molecule has 0 radical (unpaired) electrons. The molecule has 1 spiro atoms. The monoisotopic (exact) mass is 397 g/mol. The molecule has 6 nitrogen and oxygen atoms in total. The van der Waals surface area contributed by atoms with Gasteiger partial charge in [0.05, 0.1) is 17.8 Å². The number of hydrogen-bond acceptors (Lipinski definition) is 4. The predicted molar refractivity (Wildman–Crippen MR) is 110 cm³/mol. The third-order valence-corrected chi connectivity index (χ3v) is 7.70. The summed E-state index contributed by atoms with van der Waals surface area (Å²) >= 11 is 0. The Bertz CT molecular complexity index is 848. The third-order valence-electron chi connectivity index (χ3n) is 7.70. The van der Waals surface area contributed by atoms with Crippen LogP contribution in [0.5, 0.6) is 0 Å². The van der Waals surface area contributed by atoms with Gasteiger partial charge in [-0.25, -0.2) is 0 Å². The highest BCUT2D eigenvalue weighted by Crippen LogP contribution is 2.58. The molecule has 3 saturated carbocycles. The minimum Gasteiger partial charge on any atom is -0.372 e. The second-order valence-electron chi connectivity index (χ2n) is 9.95. The molecular weight excluding hydrogens is 366 g/mol. The largest absolute Gasteiger partial charge is 0.372 e. The molecule has 2 bridgehead atoms. The van der Waals surface area contributed by atoms with Crippen LogP contribution in [0.15, 0.2) is 24.3 Å². The molecule has 5 aliphatic rings. The number of benzene rings is 1. The van der Waals surface area contributed by atoms with Crippen LogP contribution in [0.25, 0.3) is 0 Å². The highest BCUT2D eigenvalue weighted by atomic mass is 16.5. The standard InChI is InChI=1S/C23H31N3O3/c1-14-11-26(12-15(2)29-14)21(28)18-10-16-8-9-22(18,3)13-23(16)24-19-7-5-4-6-17(19)20(27)25-23/h4-7,14-16,18,24H,8-13H2,1-3H3,(H,25,27)/t14-,15-,16+,18+,22-,23+/m1/s1. The lowest BCUT2D eigenvalue weighted by molar-refractivity contribution is -0.161. The normalized spacial score (nSPS) is 40.9. The second-order valence-corrected chi connectivity index (χ2v) is 9.95. The van der Waals surface area contributed by atoms with Crippen LogP contribution in [0.3, 0.4) is 0 Å². The smallest absolute Gasteiger partial charge is 0.255 e. The summed E-state index contributed by atoms with van der Waals surface area (Å²) in [5.41, 5.74) is 1.05. The minimum absolute atomic E-state index is 0.00537. The zero-order valence-electron chi connectivity index (χ0n) is 17.5. The van der Waals surface area contributed by atoms with Crippen molar-refractivity contribution in [3.05, 3.63) is 29.8 Å². The molecular formula is C23H31N3O3. The molecule has 2 aliphatic heterocycles. The fourth-order valence-corrected chi connectivity index (χ4v) is 6.41. The summed E-state index contributed by atoms with van der Waals surface area (Å²) in [6.07, 6.45) is 3.84. The first-order chi connectivity index (χ1) is 13.8. The number of amides is 2. The van der Waals surface area contributed by atoms with Gasteiger partial charge in [-0.3, -0.25) is 9.59 Å². The molecule has 1 saturated heterocycles. The summed E-state index contributed by atoms with van der Waals surface area (Å²) in [5, 5.41) is 6.98. The van der Waals surface area contributed by atoms with Gasteiger partial charge in [0, 0.05) is 30.6 Å². The van der Waals surface area contributed by atoms with E-state index in [1.807, 2.05) is 43.0 Å². The number of carbonyl (C=O) groups is 2. The fraction of sp³-hybridized carbons (Fsp3) is 0.652. The van der Waals surface area contributed by atoms with Crippen molar-refractivity contribution in [2.75, 3.05) is 18.4 Å². The Morgan fingerprint density at radius 2 is 1.90 bits per heavy atom. The highest BCUT2D eigenvalue weighted by molar-refractivity contribution is 6.02. The molecule has 2 heterocycles. The topological polar surface area (TPSA) is 70.7 Å². The van der Waals surface area contributed by atoms with Crippen LogP contribution in [-0.4, -0.2) is 47.7 Å². The van der Waals surface area contributed by atoms with Crippen LogP contribution in [0.1, 0.15) is 56.8 Å². The molecule has 6 atom stereocenters. The van der Waals surface area contributed by atoms with Crippen molar-refractivity contribution in [2.24, 2.45) is 17.3 Å². The SMILES string of the molecule is C[C@@H]1CN(C(=O)[C@@H]2C[C@@H]3CC[C@]2(C)C[C@]32NC(=O)c3ccccc3N2)C[C@@H](C)O1. The molecule has 6 rings (SSSR count). The number of nitrogens with zero attached hydrogens (tertiary/aromatic N) is 1. The van der Waals surface area contributed by atoms with Crippen LogP contribution >= 0.6 is 0 Å². The van der Waals surface area contributed by atoms with Crippen LogP contribution in [0.4, 0.5) is 5.69 Å². The lowest BCUT2D eigenvalue weighted by Gasteiger charge is -2.61. The van der Waals surface area contributed by atoms with Gasteiger partial charge in [0.25, 0.3) is 5.91 Å². The number of para-hydroxylation sites is 1. The molecule has 2 amide bonds. The van der Waals surface area contributed by atoms with E-state index in [1.165, 1.54) is 0 Å². The van der Waals surface area contributed by atoms with Crippen molar-refractivity contribution in [3.8, 4) is 0 Å². The van der Waals surface area contributed by atoms with E-state index in [2.05, 4.69) is 17.6 Å². The lowest BCUT2D eigenvalue weighted by atomic mass is 9.51. The van der Waals surface area contributed by atoms with E-state index in [4.69, 9.17) is 4.74 Å². The first-order valence-corrected chi connectivity index (χ1v) is 10.9. The summed E-state index contributed by atoms with van der Waals surface area (Å²) in [7, 11) is 0. The van der Waals surface area contributed by atoms with Gasteiger partial charge in [0.15, 0.2) is 0 Å². The number of morpholine rings is 1. The zero-order chi connectivity index (χ0) is 20.4. The van der Waals surface area contributed by atoms with Crippen molar-refractivity contribution in [1.82, 2.24) is 10.2 Å². The first kappa shape index (κ1) is 18.9. The molecule has 6 heteroatoms. The maximum Gasteiger partial charge on any atom is 0.255 e. The molecule has 29 heavy (non-hydrogen) atoms. The van der Waals surface area contributed by atoms with Crippen molar-refractivity contribution in [2.45, 2.75) is 64.3 Å². The summed E-state index contributed by atoms with van der Waals surface area (Å²) < 4.78 is 5.82. The number of rotatable bonds is 1. The Kier molecular flexibility index (Phi) is 4.21. The van der Waals surface area contributed by atoms with E-state index in [-0.39, 0.29) is 41.3 Å². The Morgan fingerprint density at radius 3 is 2.62 bits per heavy atom. The van der Waals surface area contributed by atoms with Crippen LogP contribution in [0, 0.1) is 17.3 Å². The Labute approximate surface area is 172 Å². The summed E-state index contributed by atoms with van der Waals surface area (Å²) in [4.78, 5) is 28.4. The van der Waals surface area contributed by atoms with Gasteiger partial charge >= 0.3 is 0 Å². The van der Waals surface area contributed by atoms with Gasteiger partial charge in [-0.05, 0) is 57.1 Å².